The van der Waals surface area contributed by atoms with Crippen LogP contribution in [-0.2, 0) is 23.3 Å². The quantitative estimate of drug-likeness (QED) is 0.138. The lowest BCUT2D eigenvalue weighted by Crippen LogP contribution is -2.41. The van der Waals surface area contributed by atoms with Crippen molar-refractivity contribution in [3.63, 3.8) is 0 Å². The largest absolute Gasteiger partial charge is 0.491 e. The number of benzene rings is 3. The lowest BCUT2D eigenvalue weighted by molar-refractivity contribution is -0.904. The second-order valence-corrected chi connectivity index (χ2v) is 13.9. The van der Waals surface area contributed by atoms with Gasteiger partial charge in [0.05, 0.1) is 27.3 Å². The van der Waals surface area contributed by atoms with Gasteiger partial charge in [-0.2, -0.15) is 0 Å². The first kappa shape index (κ1) is 31.2. The van der Waals surface area contributed by atoms with Crippen molar-refractivity contribution in [1.82, 2.24) is 0 Å². The molecular weight excluding hydrogens is 550 g/mol. The number of hydrogen-bond acceptors (Lipinski definition) is 3. The Hall–Kier alpha value is -2.34. The number of hydrogen-bond donors (Lipinski definition) is 0. The molecule has 3 aromatic carbocycles. The van der Waals surface area contributed by atoms with Crippen LogP contribution in [0.4, 0.5) is 0 Å². The maximum absolute atomic E-state index is 5.95. The van der Waals surface area contributed by atoms with Gasteiger partial charge in [-0.15, -0.1) is 0 Å². The number of quaternary nitrogens is 1. The summed E-state index contributed by atoms with van der Waals surface area (Å²) in [5, 5.41) is 0. The monoisotopic (exact) mass is 596 g/mol. The maximum Gasteiger partial charge on any atom is 0.119 e. The molecule has 0 spiro atoms. The number of likely N-dealkylation sites (N-methyl/N-ethyl adjacent to an activating group) is 1. The molecule has 0 N–H and O–H groups in total. The van der Waals surface area contributed by atoms with Crippen LogP contribution in [0.3, 0.4) is 0 Å². The first-order chi connectivity index (χ1) is 18.3. The molecule has 0 aliphatic carbocycles. The third kappa shape index (κ3) is 11.4. The van der Waals surface area contributed by atoms with Gasteiger partial charge in [0.15, 0.2) is 0 Å². The SMILES string of the molecule is CC(C)(C)CC(C)(C)c1ccc(OCCOCC[N+](C)(C)Cc2ccc(OCc3cccc(Br)c3)cc2)cc1. The van der Waals surface area contributed by atoms with E-state index >= 15 is 0 Å². The number of ether oxygens (including phenoxy) is 3. The summed E-state index contributed by atoms with van der Waals surface area (Å²) in [5.74, 6) is 1.78. The summed E-state index contributed by atoms with van der Waals surface area (Å²) in [6.07, 6.45) is 1.13. The van der Waals surface area contributed by atoms with Gasteiger partial charge in [0, 0.05) is 10.0 Å². The molecule has 0 amide bonds. The molecule has 0 saturated heterocycles. The minimum absolute atomic E-state index is 0.140. The summed E-state index contributed by atoms with van der Waals surface area (Å²) in [5.41, 5.74) is 4.21. The van der Waals surface area contributed by atoms with Crippen LogP contribution >= 0.6 is 15.9 Å². The first-order valence-electron chi connectivity index (χ1n) is 13.9. The van der Waals surface area contributed by atoms with Gasteiger partial charge < -0.3 is 18.7 Å². The van der Waals surface area contributed by atoms with Gasteiger partial charge in [-0.05, 0) is 76.9 Å². The number of rotatable bonds is 14. The van der Waals surface area contributed by atoms with Crippen molar-refractivity contribution in [2.45, 2.75) is 59.6 Å². The highest BCUT2D eigenvalue weighted by atomic mass is 79.9. The second kappa shape index (κ2) is 13.8. The van der Waals surface area contributed by atoms with Gasteiger partial charge in [-0.3, -0.25) is 0 Å². The van der Waals surface area contributed by atoms with E-state index in [-0.39, 0.29) is 5.41 Å². The molecule has 0 aliphatic rings. The zero-order valence-corrected chi connectivity index (χ0v) is 26.5. The highest BCUT2D eigenvalue weighted by Gasteiger charge is 2.27. The van der Waals surface area contributed by atoms with Crippen LogP contribution in [0.25, 0.3) is 0 Å². The van der Waals surface area contributed by atoms with E-state index in [0.717, 1.165) is 45.5 Å². The van der Waals surface area contributed by atoms with Crippen molar-refractivity contribution in [2.24, 2.45) is 5.41 Å². The predicted molar refractivity (Wildman–Crippen MR) is 165 cm³/mol. The standard InChI is InChI=1S/C34H47BrNO3/c1-33(2,3)26-34(4,5)29-13-17-31(18-14-29)38-22-21-37-20-19-36(6,7)24-27-11-15-32(16-12-27)39-25-28-9-8-10-30(35)23-28/h8-18,23H,19-22,24-26H2,1-7H3/q+1. The second-order valence-electron chi connectivity index (χ2n) is 13.0. The van der Waals surface area contributed by atoms with Gasteiger partial charge in [0.1, 0.15) is 37.8 Å². The third-order valence-corrected chi connectivity index (χ3v) is 7.27. The van der Waals surface area contributed by atoms with E-state index in [1.807, 2.05) is 12.1 Å². The van der Waals surface area contributed by atoms with E-state index in [1.54, 1.807) is 0 Å². The van der Waals surface area contributed by atoms with E-state index < -0.39 is 0 Å². The summed E-state index contributed by atoms with van der Waals surface area (Å²) >= 11 is 3.51. The molecule has 0 heterocycles. The van der Waals surface area contributed by atoms with Crippen LogP contribution in [0, 0.1) is 5.41 Å². The van der Waals surface area contributed by atoms with Gasteiger partial charge >= 0.3 is 0 Å². The van der Waals surface area contributed by atoms with Crippen molar-refractivity contribution in [3.05, 3.63) is 94.0 Å². The zero-order valence-electron chi connectivity index (χ0n) is 24.9. The molecule has 5 heteroatoms. The molecule has 4 nitrogen and oxygen atoms in total. The lowest BCUT2D eigenvalue weighted by atomic mass is 9.72. The van der Waals surface area contributed by atoms with Crippen molar-refractivity contribution < 1.29 is 18.7 Å². The van der Waals surface area contributed by atoms with E-state index in [0.29, 0.717) is 31.8 Å². The van der Waals surface area contributed by atoms with Crippen LogP contribution in [0.1, 0.15) is 57.7 Å². The highest BCUT2D eigenvalue weighted by molar-refractivity contribution is 9.10. The minimum Gasteiger partial charge on any atom is -0.491 e. The smallest absolute Gasteiger partial charge is 0.119 e. The normalized spacial score (nSPS) is 12.4. The Morgan fingerprint density at radius 1 is 0.718 bits per heavy atom. The van der Waals surface area contributed by atoms with Crippen molar-refractivity contribution in [3.8, 4) is 11.5 Å². The Labute approximate surface area is 245 Å². The molecule has 0 unspecified atom stereocenters. The fraction of sp³-hybridized carbons (Fsp3) is 0.471. The fourth-order valence-corrected chi connectivity index (χ4v) is 5.57. The maximum atomic E-state index is 5.95. The Morgan fingerprint density at radius 3 is 2.00 bits per heavy atom. The molecule has 0 fully saturated rings. The van der Waals surface area contributed by atoms with Gasteiger partial charge in [0.25, 0.3) is 0 Å². The molecule has 0 aliphatic heterocycles. The van der Waals surface area contributed by atoms with Gasteiger partial charge in [-0.25, -0.2) is 0 Å². The summed E-state index contributed by atoms with van der Waals surface area (Å²) in [7, 11) is 4.47. The molecule has 0 radical (unpaired) electrons. The molecule has 0 bridgehead atoms. The van der Waals surface area contributed by atoms with E-state index in [4.69, 9.17) is 14.2 Å². The highest BCUT2D eigenvalue weighted by Crippen LogP contribution is 2.36. The Balaban J connectivity index is 1.34. The molecule has 0 atom stereocenters. The molecule has 0 aromatic heterocycles. The van der Waals surface area contributed by atoms with Gasteiger partial charge in [0.2, 0.25) is 0 Å². The minimum atomic E-state index is 0.140. The van der Waals surface area contributed by atoms with Gasteiger partial charge in [-0.1, -0.05) is 74.8 Å². The summed E-state index contributed by atoms with van der Waals surface area (Å²) in [6.45, 7) is 15.8. The third-order valence-electron chi connectivity index (χ3n) is 6.77. The molecule has 39 heavy (non-hydrogen) atoms. The predicted octanol–water partition coefficient (Wildman–Crippen LogP) is 8.41. The van der Waals surface area contributed by atoms with Crippen molar-refractivity contribution in [2.75, 3.05) is 40.5 Å². The molecule has 3 aromatic rings. The van der Waals surface area contributed by atoms with Crippen LogP contribution in [0.2, 0.25) is 0 Å². The number of nitrogens with zero attached hydrogens (tertiary/aromatic N) is 1. The molecule has 0 saturated carbocycles. The Kier molecular flexibility index (Phi) is 11.1. The van der Waals surface area contributed by atoms with E-state index in [1.165, 1.54) is 11.1 Å². The Morgan fingerprint density at radius 2 is 1.36 bits per heavy atom. The zero-order chi connectivity index (χ0) is 28.5. The molecule has 3 rings (SSSR count). The average Bonchev–Trinajstić information content (AvgIpc) is 2.84. The Bertz CT molecular complexity index is 1150. The van der Waals surface area contributed by atoms with Crippen LogP contribution in [-0.4, -0.2) is 44.9 Å². The van der Waals surface area contributed by atoms with Crippen LogP contribution in [0.5, 0.6) is 11.5 Å². The summed E-state index contributed by atoms with van der Waals surface area (Å²) in [6, 6.07) is 25.2. The van der Waals surface area contributed by atoms with E-state index in [2.05, 4.69) is 125 Å². The van der Waals surface area contributed by atoms with Crippen molar-refractivity contribution in [1.29, 1.82) is 0 Å². The average molecular weight is 598 g/mol. The van der Waals surface area contributed by atoms with Crippen LogP contribution < -0.4 is 9.47 Å². The molecular formula is C34H47BrNO3+. The van der Waals surface area contributed by atoms with Crippen LogP contribution in [0.15, 0.2) is 77.3 Å². The summed E-state index contributed by atoms with van der Waals surface area (Å²) in [4.78, 5) is 0. The number of halogens is 1. The van der Waals surface area contributed by atoms with E-state index in [9.17, 15) is 0 Å². The first-order valence-corrected chi connectivity index (χ1v) is 14.7. The summed E-state index contributed by atoms with van der Waals surface area (Å²) < 4.78 is 19.7. The fourth-order valence-electron chi connectivity index (χ4n) is 5.12. The van der Waals surface area contributed by atoms with Crippen molar-refractivity contribution >= 4 is 15.9 Å². The topological polar surface area (TPSA) is 27.7 Å². The lowest BCUT2D eigenvalue weighted by Gasteiger charge is -2.33. The molecule has 212 valence electrons.